The first-order valence-electron chi connectivity index (χ1n) is 30.4. The maximum Gasteiger partial charge on any atom is 0.326 e. The Morgan fingerprint density at radius 2 is 0.720 bits per heavy atom. The summed E-state index contributed by atoms with van der Waals surface area (Å²) < 4.78 is 0. The summed E-state index contributed by atoms with van der Waals surface area (Å²) in [4.78, 5) is 185. The van der Waals surface area contributed by atoms with Gasteiger partial charge in [-0.25, -0.2) is 44.5 Å². The number of anilines is 5. The number of benzene rings is 3. The van der Waals surface area contributed by atoms with E-state index in [1.165, 1.54) is 42.9 Å². The second kappa shape index (κ2) is 34.4. The maximum atomic E-state index is 12.6. The molecule has 0 saturated heterocycles. The van der Waals surface area contributed by atoms with Gasteiger partial charge in [0.2, 0.25) is 11.9 Å². The molecule has 0 aliphatic rings. The predicted octanol–water partition coefficient (Wildman–Crippen LogP) is 2.55. The molecule has 522 valence electrons. The Morgan fingerprint density at radius 1 is 0.420 bits per heavy atom. The highest BCUT2D eigenvalue weighted by molar-refractivity contribution is 5.99. The number of H-pyrrole nitrogens is 3. The standard InChI is InChI=1S/C22H25N7O5.C22H24N6O6.C19H19N7O6/c1-11(2)18(32)15(7-8-16(30)31)27-20(33)12-3-5-13(6-4-12)24-9-14-10-25-19-17(26-14)21(34)29-22(23)28-19;1-11(2)18-27-19-17(21(32)28-18)25-14(10-24-19)9-23-13-5-3-12(4-6-13)20(31)26-15(22(33)34)7-8-16(29)30;20-19-25-15-14(17(30)26-19)23-11(8-22-15)7-21-10-3-1-9(2-4-10)16(29)24-12(18(31)32)5-6-13(27)28/h3-6,10-11,15,24H,7-9H2,1-2H3,(H,27,33)(H,30,31)(H3,23,25,28,29,34);3-6,10-11,15,23H,7-9H2,1-2H3,(H,26,31)(H,29,30)(H,33,34)(H,24,27,28,32);1-4,8,12,21H,5-7H2,(H,24,29)(H,27,28)(H,31,32)(H3,20,22,25,26,30)/t2*15-;12-/m000/s1. The van der Waals surface area contributed by atoms with Crippen molar-refractivity contribution in [3.63, 3.8) is 0 Å². The molecule has 37 heteroatoms. The monoisotopic (exact) mass is 1380 g/mol. The van der Waals surface area contributed by atoms with E-state index in [2.05, 4.69) is 91.7 Å². The summed E-state index contributed by atoms with van der Waals surface area (Å²) >= 11 is 0. The zero-order valence-corrected chi connectivity index (χ0v) is 53.7. The fourth-order valence-corrected chi connectivity index (χ4v) is 8.97. The number of hydrogen-bond donors (Lipinski definition) is 16. The highest BCUT2D eigenvalue weighted by atomic mass is 16.4. The first-order chi connectivity index (χ1) is 47.5. The van der Waals surface area contributed by atoms with Crippen molar-refractivity contribution >= 4 is 116 Å². The van der Waals surface area contributed by atoms with Gasteiger partial charge in [-0.05, 0) is 92.1 Å². The van der Waals surface area contributed by atoms with Gasteiger partial charge in [0.25, 0.3) is 34.4 Å². The number of nitrogen functional groups attached to an aromatic ring is 2. The molecule has 9 aromatic rings. The summed E-state index contributed by atoms with van der Waals surface area (Å²) in [5.74, 6) is -7.75. The Morgan fingerprint density at radius 3 is 1.02 bits per heavy atom. The number of fused-ring (bicyclic) bond motifs is 3. The van der Waals surface area contributed by atoms with Crippen molar-refractivity contribution in [1.29, 1.82) is 0 Å². The van der Waals surface area contributed by atoms with Crippen LogP contribution in [0.25, 0.3) is 33.5 Å². The second-order valence-electron chi connectivity index (χ2n) is 22.5. The molecule has 0 aliphatic heterocycles. The van der Waals surface area contributed by atoms with Crippen LogP contribution >= 0.6 is 0 Å². The van der Waals surface area contributed by atoms with Crippen LogP contribution in [0.5, 0.6) is 0 Å². The molecule has 0 aliphatic carbocycles. The minimum absolute atomic E-state index is 0.0233. The fraction of sp³-hybridized carbons (Fsp3) is 0.286. The molecular formula is C63H68N20O17. The smallest absolute Gasteiger partial charge is 0.326 e. The Kier molecular flexibility index (Phi) is 25.5. The minimum Gasteiger partial charge on any atom is -0.481 e. The Hall–Kier alpha value is -13.3. The van der Waals surface area contributed by atoms with Gasteiger partial charge in [-0.3, -0.25) is 57.9 Å². The molecule has 6 heterocycles. The van der Waals surface area contributed by atoms with Gasteiger partial charge in [0.15, 0.2) is 39.3 Å². The molecule has 0 unspecified atom stereocenters. The summed E-state index contributed by atoms with van der Waals surface area (Å²) in [6, 6.07) is 15.4. The molecule has 18 N–H and O–H groups in total. The van der Waals surface area contributed by atoms with Crippen molar-refractivity contribution in [2.24, 2.45) is 5.92 Å². The van der Waals surface area contributed by atoms with Gasteiger partial charge in [-0.1, -0.05) is 27.7 Å². The van der Waals surface area contributed by atoms with Crippen molar-refractivity contribution < 1.29 is 68.7 Å². The SMILES string of the molecule is CC(C)C(=O)[C@H](CCC(=O)O)NC(=O)c1ccc(NCc2cnc3nc(N)[nH]c(=O)c3n2)cc1.CC(C)c1nc2ncc(CNc3ccc(C(=O)N[C@@H](CCC(=O)O)C(=O)O)cc3)nc2c(=O)[nH]1.Nc1nc2ncc(CNc3ccc(C(=O)N[C@@H](CCC(=O)O)C(=O)O)cc3)nc2c(=O)[nH]1. The van der Waals surface area contributed by atoms with E-state index in [1.807, 2.05) is 13.8 Å². The summed E-state index contributed by atoms with van der Waals surface area (Å²) in [5.41, 5.74) is 14.7. The number of aromatic amines is 3. The van der Waals surface area contributed by atoms with E-state index >= 15 is 0 Å². The number of nitrogens with one attached hydrogen (secondary N) is 9. The lowest BCUT2D eigenvalue weighted by Crippen LogP contribution is -2.43. The second-order valence-corrected chi connectivity index (χ2v) is 22.5. The van der Waals surface area contributed by atoms with Gasteiger partial charge in [0.1, 0.15) is 17.9 Å². The Labute approximate surface area is 563 Å². The summed E-state index contributed by atoms with van der Waals surface area (Å²) in [6.45, 7) is 7.97. The molecule has 0 bridgehead atoms. The lowest BCUT2D eigenvalue weighted by molar-refractivity contribution is -0.142. The summed E-state index contributed by atoms with van der Waals surface area (Å²) in [6.07, 6.45) is 3.04. The number of nitrogens with two attached hydrogens (primary N) is 2. The Balaban J connectivity index is 0.000000211. The number of hydrogen-bond acceptors (Lipinski definition) is 26. The quantitative estimate of drug-likeness (QED) is 0.0320. The number of carbonyl (C=O) groups is 9. The normalized spacial score (nSPS) is 11.8. The summed E-state index contributed by atoms with van der Waals surface area (Å²) in [7, 11) is 0. The minimum atomic E-state index is -1.31. The van der Waals surface area contributed by atoms with Crippen LogP contribution in [-0.4, -0.2) is 157 Å². The number of aliphatic carboxylic acids is 5. The van der Waals surface area contributed by atoms with Crippen molar-refractivity contribution in [2.75, 3.05) is 27.4 Å². The number of amides is 3. The molecule has 37 nitrogen and oxygen atoms in total. The molecule has 9 rings (SSSR count). The number of nitrogens with zero attached hydrogens (tertiary/aromatic N) is 9. The third kappa shape index (κ3) is 21.6. The highest BCUT2D eigenvalue weighted by Crippen LogP contribution is 2.18. The van der Waals surface area contributed by atoms with E-state index in [-0.39, 0.29) is 138 Å². The summed E-state index contributed by atoms with van der Waals surface area (Å²) in [5, 5.41) is 61.2. The van der Waals surface area contributed by atoms with Gasteiger partial charge >= 0.3 is 29.8 Å². The molecule has 3 atom stereocenters. The van der Waals surface area contributed by atoms with Crippen molar-refractivity contribution in [3.05, 3.63) is 162 Å². The first kappa shape index (κ1) is 74.1. The first-order valence-corrected chi connectivity index (χ1v) is 30.4. The largest absolute Gasteiger partial charge is 0.481 e. The Bertz CT molecular complexity index is 4700. The van der Waals surface area contributed by atoms with Crippen LogP contribution in [-0.2, 0) is 48.4 Å². The molecule has 0 saturated carbocycles. The maximum absolute atomic E-state index is 12.6. The number of carbonyl (C=O) groups excluding carboxylic acids is 4. The van der Waals surface area contributed by atoms with Gasteiger partial charge in [-0.2, -0.15) is 9.97 Å². The van der Waals surface area contributed by atoms with Crippen LogP contribution < -0.4 is 60.0 Å². The zero-order chi connectivity index (χ0) is 72.9. The van der Waals surface area contributed by atoms with Crippen LogP contribution in [0.4, 0.5) is 29.0 Å². The van der Waals surface area contributed by atoms with Crippen LogP contribution in [0.3, 0.4) is 0 Å². The third-order valence-electron chi connectivity index (χ3n) is 14.2. The average Bonchev–Trinajstić information content (AvgIpc) is 0.819. The number of carboxylic acid groups (broad SMARTS) is 5. The molecule has 100 heavy (non-hydrogen) atoms. The van der Waals surface area contributed by atoms with Crippen LogP contribution in [0, 0.1) is 5.92 Å². The fourth-order valence-electron chi connectivity index (χ4n) is 8.97. The highest BCUT2D eigenvalue weighted by Gasteiger charge is 2.26. The molecule has 0 spiro atoms. The molecule has 3 amide bonds. The van der Waals surface area contributed by atoms with E-state index in [1.54, 1.807) is 62.4 Å². The molecular weight excluding hydrogens is 1310 g/mol. The molecule has 3 aromatic carbocycles. The zero-order valence-electron chi connectivity index (χ0n) is 53.7. The van der Waals surface area contributed by atoms with E-state index in [0.717, 1.165) is 0 Å². The number of Topliss-reactive ketones (excluding diaryl/α,β-unsaturated/α-hetero) is 1. The topological polar surface area (TPSA) is 594 Å². The molecule has 6 aromatic heterocycles. The van der Waals surface area contributed by atoms with Crippen molar-refractivity contribution in [1.82, 2.24) is 75.8 Å². The third-order valence-corrected chi connectivity index (χ3v) is 14.2. The van der Waals surface area contributed by atoms with Crippen molar-refractivity contribution in [3.8, 4) is 0 Å². The average molecular weight is 1380 g/mol. The number of rotatable bonds is 29. The van der Waals surface area contributed by atoms with Crippen LogP contribution in [0.1, 0.15) is 126 Å². The van der Waals surface area contributed by atoms with E-state index < -0.39 is 76.8 Å². The lowest BCUT2D eigenvalue weighted by atomic mass is 9.97. The molecule has 0 fully saturated rings. The van der Waals surface area contributed by atoms with E-state index in [0.29, 0.717) is 45.5 Å². The van der Waals surface area contributed by atoms with E-state index in [4.69, 9.17) is 31.9 Å². The molecule has 0 radical (unpaired) electrons. The van der Waals surface area contributed by atoms with Gasteiger partial charge in [-0.15, -0.1) is 0 Å². The lowest BCUT2D eigenvalue weighted by Gasteiger charge is -2.19. The van der Waals surface area contributed by atoms with Crippen LogP contribution in [0.2, 0.25) is 0 Å². The van der Waals surface area contributed by atoms with Gasteiger partial charge < -0.3 is 73.9 Å². The predicted molar refractivity (Wildman–Crippen MR) is 358 cm³/mol. The van der Waals surface area contributed by atoms with Gasteiger partial charge in [0.05, 0.1) is 61.3 Å². The van der Waals surface area contributed by atoms with E-state index in [9.17, 15) is 62.6 Å². The number of carboxylic acids is 5. The van der Waals surface area contributed by atoms with Gasteiger partial charge in [0, 0.05) is 64.9 Å². The van der Waals surface area contributed by atoms with Crippen molar-refractivity contribution in [2.45, 2.75) is 110 Å². The van der Waals surface area contributed by atoms with Crippen LogP contribution in [0.15, 0.2) is 106 Å². The number of aromatic nitrogens is 12. The number of ketones is 1.